The molecule has 0 spiro atoms. The predicted octanol–water partition coefficient (Wildman–Crippen LogP) is 6.60. The summed E-state index contributed by atoms with van der Waals surface area (Å²) in [6.45, 7) is 0.658. The largest absolute Gasteiger partial charge is 0.497 e. The molecule has 2 aromatic heterocycles. The number of ether oxygens (including phenoxy) is 2. The van der Waals surface area contributed by atoms with Crippen LogP contribution in [0.5, 0.6) is 11.5 Å². The molecule has 0 aliphatic heterocycles. The number of carbonyl (C=O) groups excluding carboxylic acids is 1. The van der Waals surface area contributed by atoms with E-state index in [0.717, 1.165) is 27.2 Å². The van der Waals surface area contributed by atoms with E-state index in [1.54, 1.807) is 43.5 Å². The van der Waals surface area contributed by atoms with E-state index in [2.05, 4.69) is 33.4 Å². The first kappa shape index (κ1) is 22.7. The topological polar surface area (TPSA) is 64.9 Å². The lowest BCUT2D eigenvalue weighted by molar-refractivity contribution is 0.0734. The van der Waals surface area contributed by atoms with Gasteiger partial charge in [-0.3, -0.25) is 4.40 Å². The maximum absolute atomic E-state index is 12.5. The van der Waals surface area contributed by atoms with E-state index in [1.165, 1.54) is 5.56 Å². The number of carbonyl (C=O) groups is 1. The summed E-state index contributed by atoms with van der Waals surface area (Å²) in [6.07, 6.45) is 1.99. The van der Waals surface area contributed by atoms with E-state index in [1.807, 2.05) is 53.1 Å². The third-order valence-electron chi connectivity index (χ3n) is 5.55. The number of hydrogen-bond acceptors (Lipinski definition) is 5. The Hall–Kier alpha value is -4.10. The Morgan fingerprint density at radius 3 is 2.34 bits per heavy atom. The highest BCUT2D eigenvalue weighted by atomic mass is 79.9. The highest BCUT2D eigenvalue weighted by Crippen LogP contribution is 2.31. The first-order chi connectivity index (χ1) is 17.1. The molecule has 0 unspecified atom stereocenters. The zero-order valence-corrected chi connectivity index (χ0v) is 20.5. The maximum atomic E-state index is 12.5. The summed E-state index contributed by atoms with van der Waals surface area (Å²) in [5, 5.41) is 3.54. The molecule has 0 fully saturated rings. The summed E-state index contributed by atoms with van der Waals surface area (Å²) >= 11 is 3.56. The van der Waals surface area contributed by atoms with Gasteiger partial charge in [0, 0.05) is 22.8 Å². The second-order valence-electron chi connectivity index (χ2n) is 7.87. The molecular weight excluding hydrogens is 506 g/mol. The van der Waals surface area contributed by atoms with Crippen molar-refractivity contribution in [1.29, 1.82) is 0 Å². The van der Waals surface area contributed by atoms with Crippen molar-refractivity contribution in [2.45, 2.75) is 6.54 Å². The standard InChI is InChI=1S/C28H22BrN3O3/c1-34-23-12-9-21(10-13-23)28(33)35-24-14-7-20(8-15-24)26-27(30-17-19-5-3-2-4-6-19)32-18-22(29)11-16-25(32)31-26/h2-16,18,30H,17H2,1H3. The second-order valence-corrected chi connectivity index (χ2v) is 8.78. The Morgan fingerprint density at radius 2 is 1.63 bits per heavy atom. The Labute approximate surface area is 211 Å². The van der Waals surface area contributed by atoms with Crippen LogP contribution in [0, 0.1) is 0 Å². The minimum absolute atomic E-state index is 0.428. The van der Waals surface area contributed by atoms with E-state index in [0.29, 0.717) is 23.6 Å². The van der Waals surface area contributed by atoms with Crippen molar-refractivity contribution < 1.29 is 14.3 Å². The van der Waals surface area contributed by atoms with Gasteiger partial charge in [-0.2, -0.15) is 0 Å². The number of fused-ring (bicyclic) bond motifs is 1. The summed E-state index contributed by atoms with van der Waals surface area (Å²) < 4.78 is 13.7. The lowest BCUT2D eigenvalue weighted by atomic mass is 10.1. The van der Waals surface area contributed by atoms with Gasteiger partial charge in [0.15, 0.2) is 0 Å². The molecule has 3 aromatic carbocycles. The molecule has 0 radical (unpaired) electrons. The van der Waals surface area contributed by atoms with Crippen LogP contribution < -0.4 is 14.8 Å². The third-order valence-corrected chi connectivity index (χ3v) is 6.02. The number of nitrogens with zero attached hydrogens (tertiary/aromatic N) is 2. The molecule has 2 heterocycles. The van der Waals surface area contributed by atoms with Crippen molar-refractivity contribution in [1.82, 2.24) is 9.38 Å². The van der Waals surface area contributed by atoms with E-state index >= 15 is 0 Å². The molecule has 35 heavy (non-hydrogen) atoms. The Balaban J connectivity index is 1.40. The summed E-state index contributed by atoms with van der Waals surface area (Å²) in [6, 6.07) is 28.3. The number of hydrogen-bond donors (Lipinski definition) is 1. The number of pyridine rings is 1. The van der Waals surface area contributed by atoms with Crippen LogP contribution in [0.1, 0.15) is 15.9 Å². The average molecular weight is 528 g/mol. The monoisotopic (exact) mass is 527 g/mol. The molecule has 1 N–H and O–H groups in total. The number of rotatable bonds is 7. The fourth-order valence-electron chi connectivity index (χ4n) is 3.74. The molecule has 0 amide bonds. The third kappa shape index (κ3) is 5.05. The number of nitrogens with one attached hydrogen (secondary N) is 1. The SMILES string of the molecule is COc1ccc(C(=O)Oc2ccc(-c3nc4ccc(Br)cn4c3NCc3ccccc3)cc2)cc1. The molecule has 7 heteroatoms. The van der Waals surface area contributed by atoms with Gasteiger partial charge in [-0.05, 0) is 82.2 Å². The molecule has 0 saturated carbocycles. The fourth-order valence-corrected chi connectivity index (χ4v) is 4.08. The first-order valence-corrected chi connectivity index (χ1v) is 11.8. The summed E-state index contributed by atoms with van der Waals surface area (Å²) in [4.78, 5) is 17.3. The lowest BCUT2D eigenvalue weighted by Gasteiger charge is -2.10. The Bertz CT molecular complexity index is 1460. The van der Waals surface area contributed by atoms with Gasteiger partial charge in [-0.15, -0.1) is 0 Å². The molecule has 0 atom stereocenters. The van der Waals surface area contributed by atoms with Crippen LogP contribution in [0.25, 0.3) is 16.9 Å². The van der Waals surface area contributed by atoms with Gasteiger partial charge in [-0.25, -0.2) is 9.78 Å². The van der Waals surface area contributed by atoms with Gasteiger partial charge in [0.1, 0.15) is 28.7 Å². The molecule has 5 aromatic rings. The lowest BCUT2D eigenvalue weighted by Crippen LogP contribution is -2.08. The average Bonchev–Trinajstić information content (AvgIpc) is 3.26. The number of anilines is 1. The van der Waals surface area contributed by atoms with Crippen LogP contribution in [0.15, 0.2) is 102 Å². The highest BCUT2D eigenvalue weighted by molar-refractivity contribution is 9.10. The van der Waals surface area contributed by atoms with Crippen LogP contribution in [0.3, 0.4) is 0 Å². The van der Waals surface area contributed by atoms with Crippen molar-refractivity contribution in [3.8, 4) is 22.8 Å². The van der Waals surface area contributed by atoms with Crippen LogP contribution >= 0.6 is 15.9 Å². The summed E-state index contributed by atoms with van der Waals surface area (Å²) in [7, 11) is 1.58. The number of esters is 1. The number of aromatic nitrogens is 2. The zero-order chi connectivity index (χ0) is 24.2. The van der Waals surface area contributed by atoms with Crippen molar-refractivity contribution in [2.75, 3.05) is 12.4 Å². The Kier molecular flexibility index (Phi) is 6.50. The normalized spacial score (nSPS) is 10.8. The second kappa shape index (κ2) is 10.0. The van der Waals surface area contributed by atoms with Crippen LogP contribution in [0.4, 0.5) is 5.82 Å². The van der Waals surface area contributed by atoms with Crippen molar-refractivity contribution in [2.24, 2.45) is 0 Å². The maximum Gasteiger partial charge on any atom is 0.343 e. The van der Waals surface area contributed by atoms with Gasteiger partial charge in [0.05, 0.1) is 12.7 Å². The number of benzene rings is 3. The Morgan fingerprint density at radius 1 is 0.914 bits per heavy atom. The van der Waals surface area contributed by atoms with Gasteiger partial charge in [0.2, 0.25) is 0 Å². The summed E-state index contributed by atoms with van der Waals surface area (Å²) in [5.74, 6) is 1.60. The molecule has 6 nitrogen and oxygen atoms in total. The fraction of sp³-hybridized carbons (Fsp3) is 0.0714. The van der Waals surface area contributed by atoms with Crippen LogP contribution in [-0.2, 0) is 6.54 Å². The quantitative estimate of drug-likeness (QED) is 0.190. The van der Waals surface area contributed by atoms with Gasteiger partial charge < -0.3 is 14.8 Å². The van der Waals surface area contributed by atoms with Crippen molar-refractivity contribution >= 4 is 33.4 Å². The number of halogens is 1. The smallest absolute Gasteiger partial charge is 0.343 e. The van der Waals surface area contributed by atoms with E-state index in [4.69, 9.17) is 14.5 Å². The van der Waals surface area contributed by atoms with Crippen molar-refractivity contribution in [3.63, 3.8) is 0 Å². The number of methoxy groups -OCH3 is 1. The first-order valence-electron chi connectivity index (χ1n) is 11.0. The van der Waals surface area contributed by atoms with Crippen LogP contribution in [-0.4, -0.2) is 22.5 Å². The van der Waals surface area contributed by atoms with Gasteiger partial charge in [-0.1, -0.05) is 30.3 Å². The van der Waals surface area contributed by atoms with E-state index < -0.39 is 5.97 Å². The minimum Gasteiger partial charge on any atom is -0.497 e. The zero-order valence-electron chi connectivity index (χ0n) is 18.9. The number of imidazole rings is 1. The van der Waals surface area contributed by atoms with Gasteiger partial charge >= 0.3 is 5.97 Å². The van der Waals surface area contributed by atoms with Crippen molar-refractivity contribution in [3.05, 3.63) is 113 Å². The highest BCUT2D eigenvalue weighted by Gasteiger charge is 2.15. The van der Waals surface area contributed by atoms with Gasteiger partial charge in [0.25, 0.3) is 0 Å². The molecule has 0 aliphatic rings. The van der Waals surface area contributed by atoms with E-state index in [9.17, 15) is 4.79 Å². The van der Waals surface area contributed by atoms with E-state index in [-0.39, 0.29) is 0 Å². The molecular formula is C28H22BrN3O3. The molecule has 0 bridgehead atoms. The molecule has 174 valence electrons. The van der Waals surface area contributed by atoms with Crippen LogP contribution in [0.2, 0.25) is 0 Å². The minimum atomic E-state index is -0.428. The molecule has 0 aliphatic carbocycles. The summed E-state index contributed by atoms with van der Waals surface area (Å²) in [5.41, 5.74) is 4.17. The molecule has 5 rings (SSSR count). The predicted molar refractivity (Wildman–Crippen MR) is 140 cm³/mol. The molecule has 0 saturated heterocycles.